The quantitative estimate of drug-likeness (QED) is 0.513. The largest absolute Gasteiger partial charge is 0.508 e. The molecule has 30 heavy (non-hydrogen) atoms. The number of hydrogen-bond donors (Lipinski definition) is 2. The van der Waals surface area contributed by atoms with Crippen LogP contribution in [0.25, 0.3) is 22.1 Å². The Morgan fingerprint density at radius 1 is 1.07 bits per heavy atom. The number of aliphatic carboxylic acids is 1. The Kier molecular flexibility index (Phi) is 5.02. The summed E-state index contributed by atoms with van der Waals surface area (Å²) >= 11 is 0. The van der Waals surface area contributed by atoms with E-state index in [0.29, 0.717) is 5.56 Å². The third-order valence-corrected chi connectivity index (χ3v) is 4.96. The molecule has 0 radical (unpaired) electrons. The molecule has 1 atom stereocenters. The van der Waals surface area contributed by atoms with Crippen LogP contribution in [0.15, 0.2) is 76.4 Å². The van der Waals surface area contributed by atoms with E-state index in [4.69, 9.17) is 4.42 Å². The number of aromatic hydroxyl groups is 1. The number of carboxylic acids is 1. The van der Waals surface area contributed by atoms with Gasteiger partial charge in [-0.25, -0.2) is 4.39 Å². The van der Waals surface area contributed by atoms with Crippen molar-refractivity contribution in [2.24, 2.45) is 0 Å². The lowest BCUT2D eigenvalue weighted by molar-refractivity contribution is -0.137. The minimum atomic E-state index is -1.08. The average Bonchev–Trinajstić information content (AvgIpc) is 2.74. The van der Waals surface area contributed by atoms with Gasteiger partial charge in [0.05, 0.1) is 17.4 Å². The highest BCUT2D eigenvalue weighted by Crippen LogP contribution is 2.39. The van der Waals surface area contributed by atoms with Crippen molar-refractivity contribution in [3.05, 3.63) is 94.4 Å². The number of hydrogen-bond acceptors (Lipinski definition) is 5. The van der Waals surface area contributed by atoms with Crippen molar-refractivity contribution in [3.63, 3.8) is 0 Å². The molecule has 0 saturated heterocycles. The number of benzene rings is 2. The number of nitrogens with zero attached hydrogens (tertiary/aromatic N) is 1. The highest BCUT2D eigenvalue weighted by Gasteiger charge is 2.26. The lowest BCUT2D eigenvalue weighted by atomic mass is 9.87. The molecule has 4 rings (SSSR count). The van der Waals surface area contributed by atoms with E-state index in [2.05, 4.69) is 4.98 Å². The molecular weight excluding hydrogens is 389 g/mol. The van der Waals surface area contributed by atoms with Crippen LogP contribution in [0.5, 0.6) is 5.75 Å². The van der Waals surface area contributed by atoms with Gasteiger partial charge < -0.3 is 14.6 Å². The highest BCUT2D eigenvalue weighted by atomic mass is 19.1. The predicted octanol–water partition coefficient (Wildman–Crippen LogP) is 4.31. The van der Waals surface area contributed by atoms with Gasteiger partial charge in [-0.05, 0) is 35.9 Å². The Hall–Kier alpha value is -4.00. The van der Waals surface area contributed by atoms with E-state index in [1.807, 2.05) is 0 Å². The van der Waals surface area contributed by atoms with Crippen molar-refractivity contribution in [1.29, 1.82) is 0 Å². The standard InChI is InChI=1S/C23H16FNO5/c24-18-4-2-1-3-14(18)17-12-30-23-15(22(17)29)5-6-19(26)21(23)16(11-20(27)28)13-7-9-25-10-8-13/h1-10,12,16,26H,11H2,(H,27,28)/t16-/m1/s1. The molecular formula is C23H16FNO5. The number of aromatic nitrogens is 1. The zero-order valence-electron chi connectivity index (χ0n) is 15.6. The average molecular weight is 405 g/mol. The van der Waals surface area contributed by atoms with Crippen molar-refractivity contribution >= 4 is 16.9 Å². The van der Waals surface area contributed by atoms with Crippen LogP contribution in [-0.2, 0) is 4.79 Å². The van der Waals surface area contributed by atoms with E-state index < -0.39 is 23.1 Å². The topological polar surface area (TPSA) is 101 Å². The molecule has 0 spiro atoms. The van der Waals surface area contributed by atoms with Crippen LogP contribution in [0.1, 0.15) is 23.5 Å². The molecule has 0 aliphatic heterocycles. The number of halogens is 1. The molecule has 7 heteroatoms. The number of pyridine rings is 1. The van der Waals surface area contributed by atoms with Gasteiger partial charge in [0, 0.05) is 29.4 Å². The molecule has 6 nitrogen and oxygen atoms in total. The zero-order valence-corrected chi connectivity index (χ0v) is 15.6. The van der Waals surface area contributed by atoms with E-state index in [-0.39, 0.29) is 39.8 Å². The Balaban J connectivity index is 1.98. The molecule has 0 fully saturated rings. The number of fused-ring (bicyclic) bond motifs is 1. The van der Waals surface area contributed by atoms with Crippen LogP contribution in [-0.4, -0.2) is 21.2 Å². The van der Waals surface area contributed by atoms with Crippen LogP contribution in [0.3, 0.4) is 0 Å². The molecule has 2 aromatic heterocycles. The normalized spacial score (nSPS) is 12.0. The maximum absolute atomic E-state index is 14.2. The second-order valence-corrected chi connectivity index (χ2v) is 6.76. The SMILES string of the molecule is O=C(O)C[C@H](c1ccncc1)c1c(O)ccc2c(=O)c(-c3ccccc3F)coc12. The summed E-state index contributed by atoms with van der Waals surface area (Å²) in [5.41, 5.74) is 0.485. The van der Waals surface area contributed by atoms with Gasteiger partial charge in [0.25, 0.3) is 0 Å². The third kappa shape index (κ3) is 3.41. The maximum atomic E-state index is 14.2. The van der Waals surface area contributed by atoms with Gasteiger partial charge in [-0.2, -0.15) is 0 Å². The summed E-state index contributed by atoms with van der Waals surface area (Å²) in [6, 6.07) is 11.8. The van der Waals surface area contributed by atoms with E-state index >= 15 is 0 Å². The van der Waals surface area contributed by atoms with E-state index in [1.54, 1.807) is 18.2 Å². The molecule has 2 aromatic carbocycles. The lowest BCUT2D eigenvalue weighted by Crippen LogP contribution is -2.11. The first kappa shape index (κ1) is 19.3. The first-order valence-corrected chi connectivity index (χ1v) is 9.11. The molecule has 0 saturated carbocycles. The van der Waals surface area contributed by atoms with Gasteiger partial charge in [0.1, 0.15) is 23.4 Å². The van der Waals surface area contributed by atoms with Crippen LogP contribution in [0.2, 0.25) is 0 Å². The Labute approximate surface area is 169 Å². The summed E-state index contributed by atoms with van der Waals surface area (Å²) in [7, 11) is 0. The van der Waals surface area contributed by atoms with Gasteiger partial charge in [-0.15, -0.1) is 0 Å². The molecule has 0 aliphatic carbocycles. The van der Waals surface area contributed by atoms with Gasteiger partial charge >= 0.3 is 5.97 Å². The number of carbonyl (C=O) groups is 1. The summed E-state index contributed by atoms with van der Waals surface area (Å²) in [5.74, 6) is -2.63. The molecule has 2 N–H and O–H groups in total. The Morgan fingerprint density at radius 3 is 2.50 bits per heavy atom. The zero-order chi connectivity index (χ0) is 21.3. The van der Waals surface area contributed by atoms with Crippen molar-refractivity contribution in [1.82, 2.24) is 4.98 Å². The minimum Gasteiger partial charge on any atom is -0.508 e. The Morgan fingerprint density at radius 2 is 1.80 bits per heavy atom. The van der Waals surface area contributed by atoms with E-state index in [1.165, 1.54) is 42.7 Å². The van der Waals surface area contributed by atoms with Gasteiger partial charge in [0.15, 0.2) is 0 Å². The van der Waals surface area contributed by atoms with Crippen LogP contribution in [0.4, 0.5) is 4.39 Å². The van der Waals surface area contributed by atoms with Gasteiger partial charge in [-0.3, -0.25) is 14.6 Å². The summed E-state index contributed by atoms with van der Waals surface area (Å²) < 4.78 is 19.9. The first-order valence-electron chi connectivity index (χ1n) is 9.11. The summed E-state index contributed by atoms with van der Waals surface area (Å²) in [5, 5.41) is 20.1. The first-order chi connectivity index (χ1) is 14.5. The van der Waals surface area contributed by atoms with Crippen molar-refractivity contribution < 1.29 is 23.8 Å². The number of phenols is 1. The smallest absolute Gasteiger partial charge is 0.304 e. The monoisotopic (exact) mass is 405 g/mol. The second kappa shape index (κ2) is 7.79. The van der Waals surface area contributed by atoms with Gasteiger partial charge in [0.2, 0.25) is 5.43 Å². The molecule has 2 heterocycles. The van der Waals surface area contributed by atoms with Crippen LogP contribution >= 0.6 is 0 Å². The molecule has 0 bridgehead atoms. The van der Waals surface area contributed by atoms with E-state index in [0.717, 1.165) is 6.26 Å². The Bertz CT molecular complexity index is 1300. The lowest BCUT2D eigenvalue weighted by Gasteiger charge is -2.18. The number of phenolic OH excluding ortho intramolecular Hbond substituents is 1. The summed E-state index contributed by atoms with van der Waals surface area (Å²) in [4.78, 5) is 28.5. The minimum absolute atomic E-state index is 0.0379. The fraction of sp³-hybridized carbons (Fsp3) is 0.0870. The number of rotatable bonds is 5. The van der Waals surface area contributed by atoms with Crippen molar-refractivity contribution in [2.75, 3.05) is 0 Å². The summed E-state index contributed by atoms with van der Waals surface area (Å²) in [6.45, 7) is 0. The van der Waals surface area contributed by atoms with Crippen molar-refractivity contribution in [2.45, 2.75) is 12.3 Å². The van der Waals surface area contributed by atoms with Crippen LogP contribution in [0, 0.1) is 5.82 Å². The fourth-order valence-electron chi connectivity index (χ4n) is 3.57. The summed E-state index contributed by atoms with van der Waals surface area (Å²) in [6.07, 6.45) is 3.82. The predicted molar refractivity (Wildman–Crippen MR) is 108 cm³/mol. The number of carboxylic acid groups (broad SMARTS) is 1. The maximum Gasteiger partial charge on any atom is 0.304 e. The highest BCUT2D eigenvalue weighted by molar-refractivity contribution is 5.87. The molecule has 0 aliphatic rings. The molecule has 0 amide bonds. The molecule has 0 unspecified atom stereocenters. The van der Waals surface area contributed by atoms with Crippen LogP contribution < -0.4 is 5.43 Å². The van der Waals surface area contributed by atoms with Crippen molar-refractivity contribution in [3.8, 4) is 16.9 Å². The fourth-order valence-corrected chi connectivity index (χ4v) is 3.57. The van der Waals surface area contributed by atoms with E-state index in [9.17, 15) is 24.2 Å². The molecule has 4 aromatic rings. The second-order valence-electron chi connectivity index (χ2n) is 6.76. The van der Waals surface area contributed by atoms with Gasteiger partial charge in [-0.1, -0.05) is 18.2 Å². The third-order valence-electron chi connectivity index (χ3n) is 4.96. The molecule has 150 valence electrons.